The molecule has 0 fully saturated rings. The van der Waals surface area contributed by atoms with Gasteiger partial charge in [0, 0.05) is 37.6 Å². The SMILES string of the molecule is CC.CCC(C)C1=Cc2ccsc2C=C=C1.[Y]. The van der Waals surface area contributed by atoms with Crippen LogP contribution in [0.1, 0.15) is 44.6 Å². The molecule has 0 N–H and O–H groups in total. The molecule has 1 heterocycles. The second-order valence-electron chi connectivity index (χ2n) is 3.65. The predicted molar refractivity (Wildman–Crippen MR) is 75.6 cm³/mol. The van der Waals surface area contributed by atoms with Crippen LogP contribution in [0.15, 0.2) is 28.8 Å². The molecule has 0 saturated heterocycles. The Labute approximate surface area is 134 Å². The van der Waals surface area contributed by atoms with E-state index in [4.69, 9.17) is 0 Å². The van der Waals surface area contributed by atoms with Crippen LogP contribution in [0.4, 0.5) is 0 Å². The van der Waals surface area contributed by atoms with Gasteiger partial charge in [-0.3, -0.25) is 0 Å². The van der Waals surface area contributed by atoms with Crippen LogP contribution in [0, 0.1) is 5.92 Å². The summed E-state index contributed by atoms with van der Waals surface area (Å²) in [5.74, 6) is 0.627. The summed E-state index contributed by atoms with van der Waals surface area (Å²) >= 11 is 1.78. The van der Waals surface area contributed by atoms with Gasteiger partial charge in [0.2, 0.25) is 0 Å². The van der Waals surface area contributed by atoms with Crippen molar-refractivity contribution in [3.8, 4) is 0 Å². The molecule has 17 heavy (non-hydrogen) atoms. The van der Waals surface area contributed by atoms with Crippen LogP contribution < -0.4 is 0 Å². The number of rotatable bonds is 2. The molecule has 89 valence electrons. The summed E-state index contributed by atoms with van der Waals surface area (Å²) < 4.78 is 0. The summed E-state index contributed by atoms with van der Waals surface area (Å²) in [5.41, 5.74) is 5.98. The van der Waals surface area contributed by atoms with E-state index in [1.807, 2.05) is 13.8 Å². The molecule has 0 aliphatic heterocycles. The number of thiophene rings is 1. The summed E-state index contributed by atoms with van der Waals surface area (Å²) in [4.78, 5) is 1.32. The number of hydrogen-bond acceptors (Lipinski definition) is 1. The summed E-state index contributed by atoms with van der Waals surface area (Å²) in [5, 5.41) is 2.14. The zero-order valence-corrected chi connectivity index (χ0v) is 14.8. The molecule has 0 aromatic carbocycles. The van der Waals surface area contributed by atoms with Crippen molar-refractivity contribution in [1.29, 1.82) is 0 Å². The first-order valence-corrected chi connectivity index (χ1v) is 6.90. The smallest absolute Gasteiger partial charge is 0.0419 e. The maximum absolute atomic E-state index is 3.25. The normalized spacial score (nSPS) is 13.5. The van der Waals surface area contributed by atoms with Crippen molar-refractivity contribution in [3.63, 3.8) is 0 Å². The minimum absolute atomic E-state index is 0. The van der Waals surface area contributed by atoms with Crippen LogP contribution in [0.2, 0.25) is 0 Å². The fourth-order valence-corrected chi connectivity index (χ4v) is 2.28. The number of fused-ring (bicyclic) bond motifs is 1. The third-order valence-corrected chi connectivity index (χ3v) is 3.57. The Morgan fingerprint density at radius 3 is 2.65 bits per heavy atom. The van der Waals surface area contributed by atoms with Gasteiger partial charge in [0.25, 0.3) is 0 Å². The molecule has 2 heteroatoms. The van der Waals surface area contributed by atoms with E-state index in [1.54, 1.807) is 11.3 Å². The molecule has 0 saturated carbocycles. The third-order valence-electron chi connectivity index (χ3n) is 2.70. The standard InChI is InChI=1S/C13H14S.C2H6.Y/c1-3-10(2)11-5-4-6-13-12(9-11)7-8-14-13;1-2;/h5-10H,3H2,1-2H3;1-2H3;. The van der Waals surface area contributed by atoms with Crippen molar-refractivity contribution in [1.82, 2.24) is 0 Å². The van der Waals surface area contributed by atoms with Crippen LogP contribution in [0.25, 0.3) is 12.2 Å². The van der Waals surface area contributed by atoms with E-state index in [1.165, 1.54) is 22.4 Å². The molecule has 1 unspecified atom stereocenters. The van der Waals surface area contributed by atoms with Crippen molar-refractivity contribution >= 4 is 23.5 Å². The average Bonchev–Trinajstić information content (AvgIpc) is 2.68. The first kappa shape index (κ1) is 17.1. The number of allylic oxidation sites excluding steroid dienone is 2. The summed E-state index contributed by atoms with van der Waals surface area (Å²) in [6.07, 6.45) is 7.66. The fourth-order valence-electron chi connectivity index (χ4n) is 1.52. The van der Waals surface area contributed by atoms with Gasteiger partial charge in [0.15, 0.2) is 0 Å². The quantitative estimate of drug-likeness (QED) is 0.641. The Bertz CT molecular complexity index is 420. The third kappa shape index (κ3) is 4.68. The molecule has 0 amide bonds. The molecule has 1 aliphatic rings. The molecule has 1 atom stereocenters. The van der Waals surface area contributed by atoms with Gasteiger partial charge in [-0.15, -0.1) is 17.1 Å². The first-order valence-electron chi connectivity index (χ1n) is 6.03. The molecule has 1 aliphatic carbocycles. The van der Waals surface area contributed by atoms with Gasteiger partial charge in [-0.05, 0) is 53.1 Å². The molecule has 1 radical (unpaired) electrons. The Kier molecular flexibility index (Phi) is 9.09. The Hall–Kier alpha value is 0.0639. The first-order chi connectivity index (χ1) is 7.81. The van der Waals surface area contributed by atoms with Gasteiger partial charge in [-0.2, -0.15) is 0 Å². The topological polar surface area (TPSA) is 0 Å². The van der Waals surface area contributed by atoms with Crippen molar-refractivity contribution in [2.24, 2.45) is 5.92 Å². The zero-order chi connectivity index (χ0) is 12.0. The van der Waals surface area contributed by atoms with Gasteiger partial charge in [0.05, 0.1) is 0 Å². The van der Waals surface area contributed by atoms with Gasteiger partial charge in [0.1, 0.15) is 0 Å². The molecule has 1 aromatic heterocycles. The van der Waals surface area contributed by atoms with Crippen LogP contribution in [-0.2, 0) is 32.7 Å². The van der Waals surface area contributed by atoms with Crippen LogP contribution >= 0.6 is 11.3 Å². The Morgan fingerprint density at radius 2 is 2.00 bits per heavy atom. The van der Waals surface area contributed by atoms with Crippen LogP contribution in [-0.4, -0.2) is 0 Å². The minimum Gasteiger partial charge on any atom is -0.143 e. The molecule has 0 nitrogen and oxygen atoms in total. The van der Waals surface area contributed by atoms with Gasteiger partial charge in [-0.25, -0.2) is 0 Å². The van der Waals surface area contributed by atoms with E-state index in [0.717, 1.165) is 0 Å². The maximum Gasteiger partial charge on any atom is 0.0419 e. The second kappa shape index (κ2) is 9.06. The van der Waals surface area contributed by atoms with Crippen molar-refractivity contribution in [2.75, 3.05) is 0 Å². The average molecular weight is 321 g/mol. The van der Waals surface area contributed by atoms with Gasteiger partial charge >= 0.3 is 0 Å². The molecule has 1 aromatic rings. The maximum atomic E-state index is 3.25. The Morgan fingerprint density at radius 1 is 1.29 bits per heavy atom. The summed E-state index contributed by atoms with van der Waals surface area (Å²) in [6, 6.07) is 2.18. The Balaban J connectivity index is 0.000000811. The van der Waals surface area contributed by atoms with E-state index in [9.17, 15) is 0 Å². The summed E-state index contributed by atoms with van der Waals surface area (Å²) in [6.45, 7) is 8.49. The largest absolute Gasteiger partial charge is 0.143 e. The minimum atomic E-state index is 0. The van der Waals surface area contributed by atoms with Gasteiger partial charge in [-0.1, -0.05) is 27.7 Å². The zero-order valence-electron chi connectivity index (χ0n) is 11.2. The van der Waals surface area contributed by atoms with Crippen molar-refractivity contribution in [2.45, 2.75) is 34.1 Å². The molecular weight excluding hydrogens is 301 g/mol. The number of hydrogen-bond donors (Lipinski definition) is 0. The second-order valence-corrected chi connectivity index (χ2v) is 4.60. The van der Waals surface area contributed by atoms with Crippen LogP contribution in [0.5, 0.6) is 0 Å². The van der Waals surface area contributed by atoms with Gasteiger partial charge < -0.3 is 0 Å². The monoisotopic (exact) mass is 321 g/mol. The van der Waals surface area contributed by atoms with Crippen molar-refractivity contribution < 1.29 is 32.7 Å². The van der Waals surface area contributed by atoms with E-state index >= 15 is 0 Å². The summed E-state index contributed by atoms with van der Waals surface area (Å²) in [7, 11) is 0. The van der Waals surface area contributed by atoms with E-state index in [-0.39, 0.29) is 32.7 Å². The predicted octanol–water partition coefficient (Wildman–Crippen LogP) is 5.38. The van der Waals surface area contributed by atoms with E-state index in [0.29, 0.717) is 5.92 Å². The fraction of sp³-hybridized carbons (Fsp3) is 0.400. The van der Waals surface area contributed by atoms with Crippen molar-refractivity contribution in [3.05, 3.63) is 39.3 Å². The molecule has 2 rings (SSSR count). The van der Waals surface area contributed by atoms with E-state index in [2.05, 4.69) is 49.3 Å². The van der Waals surface area contributed by atoms with E-state index < -0.39 is 0 Å². The molecular formula is C15H20SY. The molecule has 0 bridgehead atoms. The van der Waals surface area contributed by atoms with Crippen LogP contribution in [0.3, 0.4) is 0 Å². The molecule has 0 spiro atoms.